The highest BCUT2D eigenvalue weighted by Crippen LogP contribution is 2.44. The van der Waals surface area contributed by atoms with E-state index in [4.69, 9.17) is 33.6 Å². The SMILES string of the molecule is COc1cc2nc3c(cc2c(OC)c1OC)CN(C(=O)c1cn2cccnc2n1)CCN(C(=O)c1ccon1)CCC(=O)NCC1CCCN3C1.O=CO. The molecule has 1 fully saturated rings. The van der Waals surface area contributed by atoms with E-state index in [1.54, 1.807) is 55.3 Å². The molecule has 284 valence electrons. The maximum Gasteiger partial charge on any atom is 0.290 e. The molecule has 18 heteroatoms. The van der Waals surface area contributed by atoms with Crippen LogP contribution in [-0.4, -0.2) is 124 Å². The van der Waals surface area contributed by atoms with Gasteiger partial charge in [-0.2, -0.15) is 0 Å². The first kappa shape index (κ1) is 37.3. The molecule has 2 aliphatic rings. The van der Waals surface area contributed by atoms with Gasteiger partial charge in [-0.25, -0.2) is 15.0 Å². The zero-order valence-electron chi connectivity index (χ0n) is 30.1. The van der Waals surface area contributed by atoms with Crippen molar-refractivity contribution < 1.29 is 43.0 Å². The van der Waals surface area contributed by atoms with Crippen molar-refractivity contribution in [3.63, 3.8) is 0 Å². The molecule has 0 radical (unpaired) electrons. The summed E-state index contributed by atoms with van der Waals surface area (Å²) in [6, 6.07) is 7.02. The summed E-state index contributed by atoms with van der Waals surface area (Å²) in [6.07, 6.45) is 8.25. The molecule has 2 N–H and O–H groups in total. The smallest absolute Gasteiger partial charge is 0.290 e. The minimum atomic E-state index is -0.411. The van der Waals surface area contributed by atoms with Crippen LogP contribution in [0.4, 0.5) is 5.82 Å². The average Bonchev–Trinajstić information content (AvgIpc) is 3.89. The summed E-state index contributed by atoms with van der Waals surface area (Å²) in [5.41, 5.74) is 1.69. The van der Waals surface area contributed by atoms with Crippen molar-refractivity contribution in [1.82, 2.24) is 39.6 Å². The Balaban J connectivity index is 0.00000160. The van der Waals surface area contributed by atoms with Crippen LogP contribution in [0, 0.1) is 5.92 Å². The average molecular weight is 744 g/mol. The van der Waals surface area contributed by atoms with E-state index in [9.17, 15) is 14.4 Å². The largest absolute Gasteiger partial charge is 0.493 e. The van der Waals surface area contributed by atoms with E-state index in [1.165, 1.54) is 17.2 Å². The maximum absolute atomic E-state index is 14.4. The number of carbonyl (C=O) groups is 4. The second-order valence-corrected chi connectivity index (χ2v) is 12.7. The second kappa shape index (κ2) is 16.9. The van der Waals surface area contributed by atoms with E-state index in [2.05, 4.69) is 25.3 Å². The Bertz CT molecular complexity index is 2090. The standard InChI is InChI=1S/C35H39N9O7.CH2O2/c1-48-28-17-26-24(30(49-2)31(28)50-3)16-23-20-43(34(47)27-21-44-11-5-9-36-35(44)39-27)14-13-41(33(46)25-8-15-51-40-25)12-7-29(45)37-18-22-6-4-10-42(19-22)32(23)38-26;2-1-3/h5,8-9,11,15-17,21-22H,4,6-7,10,12-14,18-20H2,1-3H3,(H,37,45);1H,(H,2,3). The number of piperidine rings is 1. The number of pyridine rings is 1. The monoisotopic (exact) mass is 743 g/mol. The summed E-state index contributed by atoms with van der Waals surface area (Å²) in [7, 11) is 4.66. The molecule has 0 aliphatic carbocycles. The Morgan fingerprint density at radius 3 is 2.50 bits per heavy atom. The number of ether oxygens (including phenoxy) is 3. The third-order valence-electron chi connectivity index (χ3n) is 9.38. The van der Waals surface area contributed by atoms with Crippen molar-refractivity contribution in [2.45, 2.75) is 25.8 Å². The van der Waals surface area contributed by atoms with Crippen LogP contribution < -0.4 is 24.4 Å². The number of fused-ring (bicyclic) bond motifs is 6. The van der Waals surface area contributed by atoms with E-state index in [1.807, 2.05) is 12.1 Å². The molecular weight excluding hydrogens is 702 g/mol. The molecule has 1 unspecified atom stereocenters. The molecule has 0 saturated carbocycles. The van der Waals surface area contributed by atoms with Gasteiger partial charge < -0.3 is 43.9 Å². The van der Waals surface area contributed by atoms with Crippen LogP contribution in [0.25, 0.3) is 16.7 Å². The van der Waals surface area contributed by atoms with Gasteiger partial charge in [-0.05, 0) is 30.9 Å². The molecule has 1 aromatic carbocycles. The molecule has 18 nitrogen and oxygen atoms in total. The molecule has 7 rings (SSSR count). The zero-order valence-corrected chi connectivity index (χ0v) is 30.1. The Kier molecular flexibility index (Phi) is 11.7. The molecule has 1 saturated heterocycles. The molecule has 5 aromatic rings. The van der Waals surface area contributed by atoms with Crippen LogP contribution in [-0.2, 0) is 16.1 Å². The lowest BCUT2D eigenvalue weighted by atomic mass is 9.97. The number of nitrogens with one attached hydrogen (secondary N) is 1. The molecule has 0 spiro atoms. The quantitative estimate of drug-likeness (QED) is 0.248. The Morgan fingerprint density at radius 1 is 1.00 bits per heavy atom. The van der Waals surface area contributed by atoms with Gasteiger partial charge >= 0.3 is 0 Å². The van der Waals surface area contributed by atoms with Crippen LogP contribution in [0.2, 0.25) is 0 Å². The number of imidazole rings is 1. The molecular formula is C36H41N9O9. The van der Waals surface area contributed by atoms with Gasteiger partial charge in [0.1, 0.15) is 17.8 Å². The first-order valence-electron chi connectivity index (χ1n) is 17.3. The first-order valence-corrected chi connectivity index (χ1v) is 17.3. The molecule has 2 bridgehead atoms. The van der Waals surface area contributed by atoms with Gasteiger partial charge in [-0.15, -0.1) is 0 Å². The van der Waals surface area contributed by atoms with Gasteiger partial charge in [-0.3, -0.25) is 23.6 Å². The maximum atomic E-state index is 14.4. The molecule has 1 atom stereocenters. The highest BCUT2D eigenvalue weighted by molar-refractivity contribution is 5.95. The van der Waals surface area contributed by atoms with Crippen LogP contribution in [0.1, 0.15) is 45.8 Å². The summed E-state index contributed by atoms with van der Waals surface area (Å²) in [5.74, 6) is 1.65. The summed E-state index contributed by atoms with van der Waals surface area (Å²) in [5, 5.41) is 14.5. The predicted molar refractivity (Wildman–Crippen MR) is 193 cm³/mol. The van der Waals surface area contributed by atoms with E-state index in [-0.39, 0.29) is 68.2 Å². The number of carboxylic acid groups (broad SMARTS) is 1. The van der Waals surface area contributed by atoms with E-state index in [0.717, 1.165) is 24.9 Å². The van der Waals surface area contributed by atoms with Crippen LogP contribution >= 0.6 is 0 Å². The number of carbonyl (C=O) groups excluding carboxylic acids is 3. The van der Waals surface area contributed by atoms with Crippen molar-refractivity contribution in [3.8, 4) is 17.2 Å². The van der Waals surface area contributed by atoms with Gasteiger partial charge in [0.15, 0.2) is 17.2 Å². The van der Waals surface area contributed by atoms with Crippen molar-refractivity contribution >= 4 is 46.7 Å². The first-order chi connectivity index (χ1) is 26.3. The molecule has 6 heterocycles. The zero-order chi connectivity index (χ0) is 38.2. The van der Waals surface area contributed by atoms with Gasteiger partial charge in [0.2, 0.25) is 17.4 Å². The van der Waals surface area contributed by atoms with Crippen LogP contribution in [0.3, 0.4) is 0 Å². The highest BCUT2D eigenvalue weighted by Gasteiger charge is 2.30. The lowest BCUT2D eigenvalue weighted by Crippen LogP contribution is -2.42. The van der Waals surface area contributed by atoms with Gasteiger partial charge in [-0.1, -0.05) is 5.16 Å². The Labute approximate surface area is 309 Å². The second-order valence-electron chi connectivity index (χ2n) is 12.7. The topological polar surface area (TPSA) is 207 Å². The van der Waals surface area contributed by atoms with Crippen molar-refractivity contribution in [3.05, 3.63) is 66.1 Å². The van der Waals surface area contributed by atoms with E-state index < -0.39 is 5.91 Å². The fraction of sp³-hybridized carbons (Fsp3) is 0.389. The predicted octanol–water partition coefficient (Wildman–Crippen LogP) is 2.51. The highest BCUT2D eigenvalue weighted by atomic mass is 16.5. The van der Waals surface area contributed by atoms with Gasteiger partial charge in [0.05, 0.1) is 26.8 Å². The van der Waals surface area contributed by atoms with Crippen molar-refractivity contribution in [2.75, 3.05) is 65.5 Å². The third kappa shape index (κ3) is 7.96. The van der Waals surface area contributed by atoms with Crippen molar-refractivity contribution in [2.24, 2.45) is 5.92 Å². The lowest BCUT2D eigenvalue weighted by Gasteiger charge is -2.35. The Hall–Kier alpha value is -6.46. The molecule has 4 aromatic heterocycles. The summed E-state index contributed by atoms with van der Waals surface area (Å²) in [4.78, 5) is 68.8. The van der Waals surface area contributed by atoms with Gasteiger partial charge in [0.25, 0.3) is 18.3 Å². The normalized spacial score (nSPS) is 16.6. The Morgan fingerprint density at radius 2 is 1.78 bits per heavy atom. The number of aromatic nitrogens is 5. The van der Waals surface area contributed by atoms with Crippen LogP contribution in [0.5, 0.6) is 17.2 Å². The van der Waals surface area contributed by atoms with E-state index >= 15 is 0 Å². The number of hydrogen-bond donors (Lipinski definition) is 2. The molecule has 3 amide bonds. The number of nitrogens with zero attached hydrogens (tertiary/aromatic N) is 8. The fourth-order valence-corrected chi connectivity index (χ4v) is 6.81. The number of amides is 3. The number of hydrogen-bond acceptors (Lipinski definition) is 13. The summed E-state index contributed by atoms with van der Waals surface area (Å²) in [6.45, 7) is 2.09. The summed E-state index contributed by atoms with van der Waals surface area (Å²) < 4.78 is 23.8. The lowest BCUT2D eigenvalue weighted by molar-refractivity contribution is -0.123. The number of rotatable bonds is 5. The van der Waals surface area contributed by atoms with Crippen LogP contribution in [0.15, 0.2) is 53.6 Å². The molecule has 2 aliphatic heterocycles. The minimum Gasteiger partial charge on any atom is -0.493 e. The number of anilines is 1. The van der Waals surface area contributed by atoms with E-state index in [0.29, 0.717) is 52.8 Å². The summed E-state index contributed by atoms with van der Waals surface area (Å²) >= 11 is 0. The fourth-order valence-electron chi connectivity index (χ4n) is 6.81. The number of methoxy groups -OCH3 is 3. The number of benzene rings is 1. The molecule has 54 heavy (non-hydrogen) atoms. The van der Waals surface area contributed by atoms with Gasteiger partial charge in [0, 0.05) is 93.9 Å². The van der Waals surface area contributed by atoms with Crippen molar-refractivity contribution in [1.29, 1.82) is 0 Å². The minimum absolute atomic E-state index is 0.0860. The third-order valence-corrected chi connectivity index (χ3v) is 9.38.